The lowest BCUT2D eigenvalue weighted by Gasteiger charge is -2.33. The highest BCUT2D eigenvalue weighted by Gasteiger charge is 2.20. The lowest BCUT2D eigenvalue weighted by atomic mass is 10.1. The third-order valence-electron chi connectivity index (χ3n) is 4.63. The minimum Gasteiger partial charge on any atom is -0.377 e. The molecule has 0 saturated carbocycles. The van der Waals surface area contributed by atoms with Crippen molar-refractivity contribution < 1.29 is 9.13 Å². The second kappa shape index (κ2) is 12.9. The molecule has 28 heavy (non-hydrogen) atoms. The van der Waals surface area contributed by atoms with Gasteiger partial charge in [0.05, 0.1) is 24.3 Å². The van der Waals surface area contributed by atoms with Crippen LogP contribution in [0.1, 0.15) is 37.8 Å². The molecule has 8 heteroatoms. The van der Waals surface area contributed by atoms with Gasteiger partial charge in [-0.2, -0.15) is 5.26 Å². The second-order valence-corrected chi connectivity index (χ2v) is 7.02. The molecule has 156 valence electrons. The highest BCUT2D eigenvalue weighted by atomic mass is 127. The number of nitriles is 1. The van der Waals surface area contributed by atoms with Crippen molar-refractivity contribution in [1.29, 1.82) is 5.26 Å². The zero-order valence-electron chi connectivity index (χ0n) is 16.9. The first-order chi connectivity index (χ1) is 13.0. The quantitative estimate of drug-likeness (QED) is 0.340. The molecular formula is C20H31FIN5O. The molecule has 0 unspecified atom stereocenters. The number of nitrogens with one attached hydrogen (secondary N) is 2. The summed E-state index contributed by atoms with van der Waals surface area (Å²) in [6, 6.07) is 6.74. The van der Waals surface area contributed by atoms with Crippen molar-refractivity contribution >= 4 is 29.9 Å². The lowest BCUT2D eigenvalue weighted by Crippen LogP contribution is -2.49. The summed E-state index contributed by atoms with van der Waals surface area (Å²) in [5, 5.41) is 15.5. The first-order valence-electron chi connectivity index (χ1n) is 9.51. The van der Waals surface area contributed by atoms with Crippen molar-refractivity contribution in [3.8, 4) is 6.07 Å². The number of benzene rings is 1. The van der Waals surface area contributed by atoms with E-state index in [-0.39, 0.29) is 42.4 Å². The smallest absolute Gasteiger partial charge is 0.191 e. The molecule has 0 aromatic heterocycles. The SMILES string of the molecule is CN=C(NCc1cc(C#N)ccc1F)NC1CCN(CCOC(C)C)CC1.I. The number of hydrogen-bond acceptors (Lipinski definition) is 4. The fourth-order valence-electron chi connectivity index (χ4n) is 3.07. The molecule has 2 N–H and O–H groups in total. The molecule has 1 fully saturated rings. The third kappa shape index (κ3) is 8.29. The van der Waals surface area contributed by atoms with Crippen molar-refractivity contribution in [2.75, 3.05) is 33.3 Å². The van der Waals surface area contributed by atoms with Gasteiger partial charge in [0.15, 0.2) is 5.96 Å². The second-order valence-electron chi connectivity index (χ2n) is 7.02. The van der Waals surface area contributed by atoms with E-state index in [0.717, 1.165) is 39.1 Å². The number of aliphatic imine (C=N–C) groups is 1. The minimum atomic E-state index is -0.325. The molecule has 0 atom stereocenters. The van der Waals surface area contributed by atoms with Crippen LogP contribution in [0.15, 0.2) is 23.2 Å². The van der Waals surface area contributed by atoms with Crippen LogP contribution < -0.4 is 10.6 Å². The summed E-state index contributed by atoms with van der Waals surface area (Å²) in [7, 11) is 1.70. The topological polar surface area (TPSA) is 72.7 Å². The molecule has 0 radical (unpaired) electrons. The van der Waals surface area contributed by atoms with Gasteiger partial charge in [0, 0.05) is 44.8 Å². The molecule has 1 aromatic carbocycles. The van der Waals surface area contributed by atoms with Crippen molar-refractivity contribution in [3.05, 3.63) is 35.1 Å². The number of guanidine groups is 1. The van der Waals surface area contributed by atoms with E-state index < -0.39 is 0 Å². The number of hydrogen-bond donors (Lipinski definition) is 2. The first-order valence-corrected chi connectivity index (χ1v) is 9.51. The summed E-state index contributed by atoms with van der Waals surface area (Å²) in [5.74, 6) is 0.326. The van der Waals surface area contributed by atoms with Crippen LogP contribution in [0.5, 0.6) is 0 Å². The predicted octanol–water partition coefficient (Wildman–Crippen LogP) is 2.87. The maximum atomic E-state index is 13.9. The zero-order chi connectivity index (χ0) is 19.6. The maximum absolute atomic E-state index is 13.9. The molecule has 1 aliphatic rings. The zero-order valence-corrected chi connectivity index (χ0v) is 19.2. The Kier molecular flexibility index (Phi) is 11.3. The Labute approximate surface area is 184 Å². The number of halogens is 2. The maximum Gasteiger partial charge on any atom is 0.191 e. The number of ether oxygens (including phenoxy) is 1. The fourth-order valence-corrected chi connectivity index (χ4v) is 3.07. The molecule has 1 aromatic rings. The van der Waals surface area contributed by atoms with Crippen LogP contribution in [0.3, 0.4) is 0 Å². The van der Waals surface area contributed by atoms with Gasteiger partial charge < -0.3 is 20.3 Å². The number of nitrogens with zero attached hydrogens (tertiary/aromatic N) is 3. The van der Waals surface area contributed by atoms with Crippen LogP contribution in [-0.4, -0.2) is 56.3 Å². The molecule has 2 rings (SSSR count). The van der Waals surface area contributed by atoms with Crippen LogP contribution in [-0.2, 0) is 11.3 Å². The monoisotopic (exact) mass is 503 g/mol. The number of piperidine rings is 1. The van der Waals surface area contributed by atoms with E-state index in [2.05, 4.69) is 34.4 Å². The summed E-state index contributed by atoms with van der Waals surface area (Å²) in [6.07, 6.45) is 2.33. The van der Waals surface area contributed by atoms with Gasteiger partial charge in [0.2, 0.25) is 0 Å². The Morgan fingerprint density at radius 1 is 1.39 bits per heavy atom. The van der Waals surface area contributed by atoms with E-state index in [4.69, 9.17) is 10.00 Å². The van der Waals surface area contributed by atoms with E-state index >= 15 is 0 Å². The van der Waals surface area contributed by atoms with Crippen LogP contribution in [0, 0.1) is 17.1 Å². The van der Waals surface area contributed by atoms with Crippen molar-refractivity contribution in [2.45, 2.75) is 45.4 Å². The molecule has 1 aliphatic heterocycles. The van der Waals surface area contributed by atoms with Gasteiger partial charge in [-0.3, -0.25) is 4.99 Å². The standard InChI is InChI=1S/C20H30FN5O.HI/c1-15(2)27-11-10-26-8-6-18(7-9-26)25-20(23-3)24-14-17-12-16(13-22)4-5-19(17)21;/h4-5,12,15,18H,6-11,14H2,1-3H3,(H2,23,24,25);1H. The average molecular weight is 503 g/mol. The van der Waals surface area contributed by atoms with E-state index in [0.29, 0.717) is 23.1 Å². The first kappa shape index (κ1) is 24.6. The fraction of sp³-hybridized carbons (Fsp3) is 0.600. The van der Waals surface area contributed by atoms with Gasteiger partial charge >= 0.3 is 0 Å². The van der Waals surface area contributed by atoms with E-state index in [1.165, 1.54) is 12.1 Å². The van der Waals surface area contributed by atoms with Crippen LogP contribution in [0.2, 0.25) is 0 Å². The Balaban J connectivity index is 0.00000392. The van der Waals surface area contributed by atoms with Gasteiger partial charge in [-0.15, -0.1) is 24.0 Å². The van der Waals surface area contributed by atoms with Crippen LogP contribution in [0.4, 0.5) is 4.39 Å². The van der Waals surface area contributed by atoms with Gasteiger partial charge in [-0.05, 0) is 44.9 Å². The van der Waals surface area contributed by atoms with Crippen molar-refractivity contribution in [3.63, 3.8) is 0 Å². The largest absolute Gasteiger partial charge is 0.377 e. The lowest BCUT2D eigenvalue weighted by molar-refractivity contribution is 0.0532. The summed E-state index contributed by atoms with van der Waals surface area (Å²) in [6.45, 7) is 8.17. The predicted molar refractivity (Wildman–Crippen MR) is 120 cm³/mol. The Morgan fingerprint density at radius 2 is 2.11 bits per heavy atom. The van der Waals surface area contributed by atoms with Crippen LogP contribution in [0.25, 0.3) is 0 Å². The molecule has 0 spiro atoms. The molecule has 0 amide bonds. The minimum absolute atomic E-state index is 0. The molecular weight excluding hydrogens is 472 g/mol. The summed E-state index contributed by atoms with van der Waals surface area (Å²) in [4.78, 5) is 6.65. The molecule has 6 nitrogen and oxygen atoms in total. The van der Waals surface area contributed by atoms with Gasteiger partial charge in [0.1, 0.15) is 5.82 Å². The van der Waals surface area contributed by atoms with E-state index in [1.54, 1.807) is 13.1 Å². The van der Waals surface area contributed by atoms with Crippen LogP contribution >= 0.6 is 24.0 Å². The van der Waals surface area contributed by atoms with E-state index in [9.17, 15) is 4.39 Å². The van der Waals surface area contributed by atoms with E-state index in [1.807, 2.05) is 6.07 Å². The normalized spacial score (nSPS) is 15.8. The highest BCUT2D eigenvalue weighted by Crippen LogP contribution is 2.11. The van der Waals surface area contributed by atoms with Crippen molar-refractivity contribution in [1.82, 2.24) is 15.5 Å². The van der Waals surface area contributed by atoms with Gasteiger partial charge in [-0.25, -0.2) is 4.39 Å². The Hall–Kier alpha value is -1.44. The number of likely N-dealkylation sites (tertiary alicyclic amines) is 1. The Bertz CT molecular complexity index is 669. The third-order valence-corrected chi connectivity index (χ3v) is 4.63. The number of rotatable bonds is 7. The summed E-state index contributed by atoms with van der Waals surface area (Å²) in [5.41, 5.74) is 0.905. The molecule has 0 aliphatic carbocycles. The van der Waals surface area contributed by atoms with Gasteiger partial charge in [-0.1, -0.05) is 0 Å². The highest BCUT2D eigenvalue weighted by molar-refractivity contribution is 14.0. The molecule has 0 bridgehead atoms. The summed E-state index contributed by atoms with van der Waals surface area (Å²) >= 11 is 0. The van der Waals surface area contributed by atoms with Gasteiger partial charge in [0.25, 0.3) is 0 Å². The summed E-state index contributed by atoms with van der Waals surface area (Å²) < 4.78 is 19.5. The molecule has 1 heterocycles. The molecule has 1 saturated heterocycles. The average Bonchev–Trinajstić information content (AvgIpc) is 2.67. The van der Waals surface area contributed by atoms with Crippen molar-refractivity contribution in [2.24, 2.45) is 4.99 Å². The Morgan fingerprint density at radius 3 is 2.71 bits per heavy atom.